The number of hydrogen-bond donors (Lipinski definition) is 0. The zero-order valence-corrected chi connectivity index (χ0v) is 26.0. The lowest BCUT2D eigenvalue weighted by Crippen LogP contribution is -2.21. The van der Waals surface area contributed by atoms with E-state index < -0.39 is 0 Å². The highest BCUT2D eigenvalue weighted by Crippen LogP contribution is 2.51. The fourth-order valence-electron chi connectivity index (χ4n) is 8.38. The molecule has 3 aromatic carbocycles. The first-order valence-corrected chi connectivity index (χ1v) is 16.8. The third-order valence-electron chi connectivity index (χ3n) is 10.5. The molecule has 0 amide bonds. The highest BCUT2D eigenvalue weighted by atomic mass is 14.7. The largest absolute Gasteiger partial charge is 0.256 e. The number of nitrogens with zero attached hydrogens (tertiary/aromatic N) is 2. The van der Waals surface area contributed by atoms with Gasteiger partial charge in [0.15, 0.2) is 0 Å². The summed E-state index contributed by atoms with van der Waals surface area (Å²) in [7, 11) is 0. The van der Waals surface area contributed by atoms with Gasteiger partial charge in [0.2, 0.25) is 0 Å². The fourth-order valence-corrected chi connectivity index (χ4v) is 8.38. The zero-order chi connectivity index (χ0) is 29.3. The van der Waals surface area contributed by atoms with E-state index in [1.54, 1.807) is 22.3 Å². The Labute approximate surface area is 257 Å². The van der Waals surface area contributed by atoms with Gasteiger partial charge in [-0.3, -0.25) is 9.97 Å². The number of benzene rings is 3. The number of aromatic nitrogens is 2. The second-order valence-corrected chi connectivity index (χ2v) is 12.9. The molecule has 11 rings (SSSR count). The van der Waals surface area contributed by atoms with Crippen molar-refractivity contribution in [3.05, 3.63) is 119 Å². The van der Waals surface area contributed by atoms with E-state index in [9.17, 15) is 0 Å². The molecule has 0 spiro atoms. The second kappa shape index (κ2) is 12.1. The van der Waals surface area contributed by atoms with Crippen molar-refractivity contribution < 1.29 is 0 Å². The van der Waals surface area contributed by atoms with E-state index in [-0.39, 0.29) is 0 Å². The summed E-state index contributed by atoms with van der Waals surface area (Å²) in [4.78, 5) is 9.21. The van der Waals surface area contributed by atoms with Crippen LogP contribution in [0.5, 0.6) is 0 Å². The molecule has 2 aromatic heterocycles. The van der Waals surface area contributed by atoms with Crippen molar-refractivity contribution >= 4 is 10.8 Å². The van der Waals surface area contributed by atoms with Crippen LogP contribution >= 0.6 is 0 Å². The minimum atomic E-state index is 0.787. The molecule has 2 saturated carbocycles. The van der Waals surface area contributed by atoms with Gasteiger partial charge in [-0.05, 0) is 145 Å². The third kappa shape index (κ3) is 5.30. The van der Waals surface area contributed by atoms with Gasteiger partial charge in [-0.1, -0.05) is 62.4 Å². The van der Waals surface area contributed by atoms with Crippen LogP contribution in [-0.2, 0) is 0 Å². The summed E-state index contributed by atoms with van der Waals surface area (Å²) in [6.07, 6.45) is 15.0. The molecular weight excluding hydrogens is 520 g/mol. The van der Waals surface area contributed by atoms with Crippen molar-refractivity contribution in [1.82, 2.24) is 9.97 Å². The molecule has 218 valence electrons. The summed E-state index contributed by atoms with van der Waals surface area (Å²) >= 11 is 0. The lowest BCUT2D eigenvalue weighted by atomic mass is 9.67. The molecule has 0 atom stereocenters. The van der Waals surface area contributed by atoms with E-state index in [1.165, 1.54) is 78.8 Å². The minimum absolute atomic E-state index is 0.787. The quantitative estimate of drug-likeness (QED) is 0.213. The smallest absolute Gasteiger partial charge is 0.0780 e. The SMILES string of the molecule is CC.Cc1ccnc(-c2ccc3c(c2)C2CCC3CC2)c1.c1ccc2c(-c3ccc4c(c3)C3CCC4CC3)nccc2c1. The van der Waals surface area contributed by atoms with Gasteiger partial charge in [0.05, 0.1) is 11.4 Å². The van der Waals surface area contributed by atoms with Gasteiger partial charge in [-0.15, -0.1) is 0 Å². The first kappa shape index (κ1) is 28.0. The van der Waals surface area contributed by atoms with Gasteiger partial charge in [0.1, 0.15) is 0 Å². The van der Waals surface area contributed by atoms with E-state index in [1.807, 2.05) is 26.2 Å². The normalized spacial score (nSPS) is 22.5. The van der Waals surface area contributed by atoms with E-state index in [0.29, 0.717) is 0 Å². The molecule has 5 aromatic rings. The summed E-state index contributed by atoms with van der Waals surface area (Å²) in [6, 6.07) is 29.0. The van der Waals surface area contributed by atoms with Crippen LogP contribution in [0.1, 0.15) is 117 Å². The van der Waals surface area contributed by atoms with Crippen molar-refractivity contribution in [2.75, 3.05) is 0 Å². The van der Waals surface area contributed by atoms with Crippen molar-refractivity contribution in [1.29, 1.82) is 0 Å². The fraction of sp³-hybridized carbons (Fsp3) is 0.366. The van der Waals surface area contributed by atoms with E-state index in [4.69, 9.17) is 0 Å². The van der Waals surface area contributed by atoms with Gasteiger partial charge in [0, 0.05) is 28.9 Å². The van der Waals surface area contributed by atoms with Crippen LogP contribution in [0.2, 0.25) is 0 Å². The van der Waals surface area contributed by atoms with Crippen LogP contribution < -0.4 is 0 Å². The van der Waals surface area contributed by atoms with Crippen LogP contribution in [0.25, 0.3) is 33.3 Å². The molecule has 0 N–H and O–H groups in total. The number of rotatable bonds is 2. The predicted molar refractivity (Wildman–Crippen MR) is 181 cm³/mol. The molecule has 0 saturated heterocycles. The number of fused-ring (bicyclic) bond motifs is 5. The first-order valence-electron chi connectivity index (χ1n) is 16.8. The Hall–Kier alpha value is -3.78. The van der Waals surface area contributed by atoms with Crippen LogP contribution in [-0.4, -0.2) is 9.97 Å². The molecule has 0 aliphatic heterocycles. The van der Waals surface area contributed by atoms with Crippen molar-refractivity contribution in [2.24, 2.45) is 0 Å². The Balaban J connectivity index is 0.000000133. The predicted octanol–water partition coefficient (Wildman–Crippen LogP) is 11.5. The summed E-state index contributed by atoms with van der Waals surface area (Å²) in [5, 5.41) is 2.53. The van der Waals surface area contributed by atoms with Crippen LogP contribution in [0.3, 0.4) is 0 Å². The Morgan fingerprint density at radius 1 is 0.512 bits per heavy atom. The monoisotopic (exact) mass is 564 g/mol. The third-order valence-corrected chi connectivity index (χ3v) is 10.5. The van der Waals surface area contributed by atoms with Crippen molar-refractivity contribution in [3.63, 3.8) is 0 Å². The summed E-state index contributed by atoms with van der Waals surface area (Å²) in [5.74, 6) is 3.24. The Bertz CT molecular complexity index is 1730. The van der Waals surface area contributed by atoms with Crippen LogP contribution in [0, 0.1) is 6.92 Å². The molecule has 6 aliphatic rings. The average molecular weight is 565 g/mol. The summed E-state index contributed by atoms with van der Waals surface area (Å²) in [5.41, 5.74) is 12.6. The molecule has 0 radical (unpaired) electrons. The van der Waals surface area contributed by atoms with E-state index >= 15 is 0 Å². The Morgan fingerprint density at radius 2 is 1.05 bits per heavy atom. The van der Waals surface area contributed by atoms with E-state index in [2.05, 4.69) is 95.8 Å². The topological polar surface area (TPSA) is 25.8 Å². The summed E-state index contributed by atoms with van der Waals surface area (Å²) in [6.45, 7) is 6.13. The maximum Gasteiger partial charge on any atom is 0.0780 e. The lowest BCUT2D eigenvalue weighted by molar-refractivity contribution is 0.359. The maximum atomic E-state index is 4.69. The molecule has 2 nitrogen and oxygen atoms in total. The Kier molecular flexibility index (Phi) is 7.87. The molecule has 2 fully saturated rings. The van der Waals surface area contributed by atoms with Gasteiger partial charge in [0.25, 0.3) is 0 Å². The van der Waals surface area contributed by atoms with Gasteiger partial charge in [-0.25, -0.2) is 0 Å². The number of aryl methyl sites for hydroxylation is 1. The summed E-state index contributed by atoms with van der Waals surface area (Å²) < 4.78 is 0. The second-order valence-electron chi connectivity index (χ2n) is 12.9. The maximum absolute atomic E-state index is 4.69. The Morgan fingerprint density at radius 3 is 1.67 bits per heavy atom. The lowest BCUT2D eigenvalue weighted by Gasteiger charge is -2.38. The van der Waals surface area contributed by atoms with Gasteiger partial charge < -0.3 is 0 Å². The molecule has 2 heterocycles. The molecule has 4 bridgehead atoms. The van der Waals surface area contributed by atoms with Crippen LogP contribution in [0.4, 0.5) is 0 Å². The molecular formula is C41H44N2. The minimum Gasteiger partial charge on any atom is -0.256 e. The van der Waals surface area contributed by atoms with Crippen LogP contribution in [0.15, 0.2) is 91.3 Å². The highest BCUT2D eigenvalue weighted by molar-refractivity contribution is 5.94. The van der Waals surface area contributed by atoms with Gasteiger partial charge in [-0.2, -0.15) is 0 Å². The molecule has 2 heteroatoms. The highest BCUT2D eigenvalue weighted by Gasteiger charge is 2.34. The van der Waals surface area contributed by atoms with E-state index in [0.717, 1.165) is 35.1 Å². The first-order chi connectivity index (χ1) is 21.2. The molecule has 6 aliphatic carbocycles. The standard InChI is InChI=1S/C21H19N.C18H19N.C2H6/c1-2-4-19-14(3-1)11-12-22-21(19)17-9-10-18-15-5-7-16(8-6-15)20(18)13-17;1-12-8-9-19-18(10-12)15-6-7-16-13-2-4-14(5-3-13)17(16)11-15;1-2/h1-4,9-13,15-16H,5-8H2;6-11,13-14H,2-5H2,1H3;1-2H3. The van der Waals surface area contributed by atoms with Gasteiger partial charge >= 0.3 is 0 Å². The number of pyridine rings is 2. The van der Waals surface area contributed by atoms with Crippen molar-refractivity contribution in [2.45, 2.75) is 95.8 Å². The zero-order valence-electron chi connectivity index (χ0n) is 26.0. The number of hydrogen-bond acceptors (Lipinski definition) is 2. The average Bonchev–Trinajstić information content (AvgIpc) is 3.10. The molecule has 0 unspecified atom stereocenters. The molecule has 43 heavy (non-hydrogen) atoms. The van der Waals surface area contributed by atoms with Crippen molar-refractivity contribution in [3.8, 4) is 22.5 Å².